The highest BCUT2D eigenvalue weighted by Crippen LogP contribution is 2.30. The third kappa shape index (κ3) is 4.37. The lowest BCUT2D eigenvalue weighted by Crippen LogP contribution is -2.32. The second kappa shape index (κ2) is 9.33. The topological polar surface area (TPSA) is 53.9 Å². The number of ketones is 1. The van der Waals surface area contributed by atoms with Crippen LogP contribution >= 0.6 is 11.3 Å². The summed E-state index contributed by atoms with van der Waals surface area (Å²) >= 11 is 1.55. The molecule has 0 saturated carbocycles. The third-order valence-corrected chi connectivity index (χ3v) is 7.65. The number of fused-ring (bicyclic) bond motifs is 2. The number of aromatic nitrogens is 3. The molecule has 0 bridgehead atoms. The van der Waals surface area contributed by atoms with Crippen molar-refractivity contribution >= 4 is 33.2 Å². The minimum atomic E-state index is 0.232. The normalized spacial score (nSPS) is 14.6. The van der Waals surface area contributed by atoms with Crippen LogP contribution in [0.4, 0.5) is 5.13 Å². The zero-order valence-corrected chi connectivity index (χ0v) is 19.4. The Balaban J connectivity index is 1.27. The first-order valence-electron chi connectivity index (χ1n) is 11.6. The van der Waals surface area contributed by atoms with E-state index in [9.17, 15) is 4.79 Å². The van der Waals surface area contributed by atoms with Gasteiger partial charge in [-0.05, 0) is 42.5 Å². The molecule has 4 heterocycles. The molecule has 1 aliphatic rings. The summed E-state index contributed by atoms with van der Waals surface area (Å²) in [5.74, 6) is 0.584. The lowest BCUT2D eigenvalue weighted by Gasteiger charge is -2.28. The highest BCUT2D eigenvalue weighted by Gasteiger charge is 2.22. The van der Waals surface area contributed by atoms with Gasteiger partial charge in [-0.3, -0.25) is 4.79 Å². The van der Waals surface area contributed by atoms with E-state index >= 15 is 0 Å². The summed E-state index contributed by atoms with van der Waals surface area (Å²) in [5, 5.41) is 2.24. The molecule has 6 heteroatoms. The van der Waals surface area contributed by atoms with Gasteiger partial charge in [0.15, 0.2) is 10.9 Å². The van der Waals surface area contributed by atoms with Gasteiger partial charge in [0, 0.05) is 48.5 Å². The summed E-state index contributed by atoms with van der Waals surface area (Å²) in [5.41, 5.74) is 3.79. The largest absolute Gasteiger partial charge is 0.361 e. The number of unbranched alkanes of at least 4 members (excludes halogenated alkanes) is 1. The molecule has 0 amide bonds. The van der Waals surface area contributed by atoms with E-state index in [0.717, 1.165) is 55.3 Å². The van der Waals surface area contributed by atoms with Crippen molar-refractivity contribution in [2.45, 2.75) is 52.1 Å². The Hall–Kier alpha value is -2.86. The van der Waals surface area contributed by atoms with E-state index in [4.69, 9.17) is 0 Å². The fourth-order valence-electron chi connectivity index (χ4n) is 4.76. The zero-order valence-electron chi connectivity index (χ0n) is 18.6. The maximum atomic E-state index is 13.2. The summed E-state index contributed by atoms with van der Waals surface area (Å²) < 4.78 is 2.29. The molecule has 0 aliphatic carbocycles. The van der Waals surface area contributed by atoms with Crippen LogP contribution in [0.3, 0.4) is 0 Å². The van der Waals surface area contributed by atoms with Gasteiger partial charge in [0.25, 0.3) is 0 Å². The van der Waals surface area contributed by atoms with Crippen LogP contribution < -0.4 is 4.90 Å². The number of Topliss-reactive ketones (excluding diaryl/α,β-unsaturated/α-hetero) is 1. The van der Waals surface area contributed by atoms with Gasteiger partial charge in [-0.1, -0.05) is 49.3 Å². The Kier molecular flexibility index (Phi) is 6.12. The van der Waals surface area contributed by atoms with E-state index in [-0.39, 0.29) is 5.78 Å². The van der Waals surface area contributed by atoms with Crippen molar-refractivity contribution < 1.29 is 4.79 Å². The SMILES string of the molecule is CCCCC(CC(=O)c1cnc(N2CCn3cccc3C2)s1)Cc1c[nH]c2ccccc12. The number of hydrogen-bond acceptors (Lipinski definition) is 4. The highest BCUT2D eigenvalue weighted by molar-refractivity contribution is 7.17. The molecule has 5 nitrogen and oxygen atoms in total. The first-order chi connectivity index (χ1) is 15.7. The summed E-state index contributed by atoms with van der Waals surface area (Å²) in [6.45, 7) is 4.97. The molecule has 32 heavy (non-hydrogen) atoms. The van der Waals surface area contributed by atoms with Crippen LogP contribution in [0.25, 0.3) is 10.9 Å². The van der Waals surface area contributed by atoms with Crippen molar-refractivity contribution in [3.05, 3.63) is 71.1 Å². The number of hydrogen-bond donors (Lipinski definition) is 1. The zero-order chi connectivity index (χ0) is 21.9. The van der Waals surface area contributed by atoms with Crippen LogP contribution in [0, 0.1) is 5.92 Å². The number of rotatable bonds is 9. The average molecular weight is 447 g/mol. The molecule has 166 valence electrons. The quantitative estimate of drug-likeness (QED) is 0.318. The number of nitrogens with one attached hydrogen (secondary N) is 1. The first-order valence-corrected chi connectivity index (χ1v) is 12.5. The van der Waals surface area contributed by atoms with Crippen molar-refractivity contribution in [2.75, 3.05) is 11.4 Å². The van der Waals surface area contributed by atoms with Gasteiger partial charge in [0.1, 0.15) is 0 Å². The number of benzene rings is 1. The predicted octanol–water partition coefficient (Wildman–Crippen LogP) is 6.07. The smallest absolute Gasteiger partial charge is 0.186 e. The molecule has 3 aromatic heterocycles. The van der Waals surface area contributed by atoms with Gasteiger partial charge in [-0.2, -0.15) is 0 Å². The maximum Gasteiger partial charge on any atom is 0.186 e. The molecule has 0 fully saturated rings. The summed E-state index contributed by atoms with van der Waals surface area (Å²) in [6.07, 6.45) is 10.9. The molecule has 1 aliphatic heterocycles. The number of nitrogens with zero attached hydrogens (tertiary/aromatic N) is 3. The second-order valence-electron chi connectivity index (χ2n) is 8.82. The molecule has 0 saturated heterocycles. The molecule has 4 aromatic rings. The van der Waals surface area contributed by atoms with E-state index in [1.54, 1.807) is 17.5 Å². The summed E-state index contributed by atoms with van der Waals surface area (Å²) in [4.78, 5) is 24.3. The maximum absolute atomic E-state index is 13.2. The Morgan fingerprint density at radius 2 is 2.12 bits per heavy atom. The van der Waals surface area contributed by atoms with Crippen LogP contribution in [0.2, 0.25) is 0 Å². The average Bonchev–Trinajstić information content (AvgIpc) is 3.56. The number of aromatic amines is 1. The van der Waals surface area contributed by atoms with Gasteiger partial charge < -0.3 is 14.5 Å². The predicted molar refractivity (Wildman–Crippen MR) is 132 cm³/mol. The van der Waals surface area contributed by atoms with Gasteiger partial charge in [0.2, 0.25) is 0 Å². The van der Waals surface area contributed by atoms with Gasteiger partial charge in [-0.25, -0.2) is 4.98 Å². The Bertz CT molecular complexity index is 1200. The molecular formula is C26H30N4OS. The summed E-state index contributed by atoms with van der Waals surface area (Å²) in [6, 6.07) is 12.7. The van der Waals surface area contributed by atoms with Crippen LogP contribution in [0.1, 0.15) is 53.5 Å². The van der Waals surface area contributed by atoms with E-state index in [0.29, 0.717) is 12.3 Å². The molecule has 5 rings (SSSR count). The van der Waals surface area contributed by atoms with Gasteiger partial charge in [-0.15, -0.1) is 0 Å². The number of carbonyl (C=O) groups excluding carboxylic acids is 1. The lowest BCUT2D eigenvalue weighted by molar-refractivity contribution is 0.0962. The minimum absolute atomic E-state index is 0.232. The molecule has 0 spiro atoms. The number of para-hydroxylation sites is 1. The second-order valence-corrected chi connectivity index (χ2v) is 9.83. The Morgan fingerprint density at radius 1 is 1.22 bits per heavy atom. The lowest BCUT2D eigenvalue weighted by atomic mass is 9.89. The highest BCUT2D eigenvalue weighted by atomic mass is 32.1. The van der Waals surface area contributed by atoms with Gasteiger partial charge >= 0.3 is 0 Å². The van der Waals surface area contributed by atoms with Gasteiger partial charge in [0.05, 0.1) is 17.6 Å². The number of thiazole rings is 1. The summed E-state index contributed by atoms with van der Waals surface area (Å²) in [7, 11) is 0. The number of H-pyrrole nitrogens is 1. The Labute approximate surface area is 193 Å². The number of anilines is 1. The fourth-order valence-corrected chi connectivity index (χ4v) is 5.65. The standard InChI is InChI=1S/C26H30N4OS/c1-2-3-7-19(14-20-16-27-23-10-5-4-9-22(20)23)15-24(31)25-17-28-26(32-25)30-13-12-29-11-6-8-21(29)18-30/h4-6,8-11,16-17,19,27H,2-3,7,12-15,18H2,1H3. The van der Waals surface area contributed by atoms with Crippen molar-refractivity contribution in [1.29, 1.82) is 0 Å². The molecule has 1 N–H and O–H groups in total. The molecular weight excluding hydrogens is 416 g/mol. The van der Waals surface area contributed by atoms with E-state index in [2.05, 4.69) is 75.2 Å². The van der Waals surface area contributed by atoms with Crippen LogP contribution in [-0.2, 0) is 19.5 Å². The number of carbonyl (C=O) groups is 1. The Morgan fingerprint density at radius 3 is 3.03 bits per heavy atom. The van der Waals surface area contributed by atoms with Crippen molar-refractivity contribution in [1.82, 2.24) is 14.5 Å². The van der Waals surface area contributed by atoms with Crippen LogP contribution in [0.5, 0.6) is 0 Å². The molecule has 1 aromatic carbocycles. The molecule has 1 atom stereocenters. The minimum Gasteiger partial charge on any atom is -0.361 e. The van der Waals surface area contributed by atoms with E-state index in [1.807, 2.05) is 0 Å². The molecule has 0 radical (unpaired) electrons. The first kappa shape index (κ1) is 21.0. The van der Waals surface area contributed by atoms with Crippen molar-refractivity contribution in [3.63, 3.8) is 0 Å². The fraction of sp³-hybridized carbons (Fsp3) is 0.385. The van der Waals surface area contributed by atoms with E-state index in [1.165, 1.54) is 22.2 Å². The van der Waals surface area contributed by atoms with Crippen LogP contribution in [0.15, 0.2) is 55.0 Å². The third-order valence-electron chi connectivity index (χ3n) is 6.55. The van der Waals surface area contributed by atoms with Crippen LogP contribution in [-0.4, -0.2) is 26.9 Å². The monoisotopic (exact) mass is 446 g/mol. The van der Waals surface area contributed by atoms with E-state index < -0.39 is 0 Å². The molecule has 1 unspecified atom stereocenters. The van der Waals surface area contributed by atoms with Crippen molar-refractivity contribution in [2.24, 2.45) is 5.92 Å². The van der Waals surface area contributed by atoms with Crippen molar-refractivity contribution in [3.8, 4) is 0 Å².